The molecule has 0 radical (unpaired) electrons. The fraction of sp³-hybridized carbons (Fsp3) is 0.600. The third-order valence-corrected chi connectivity index (χ3v) is 4.16. The van der Waals surface area contributed by atoms with Crippen LogP contribution in [0.15, 0.2) is 30.3 Å². The van der Waals surface area contributed by atoms with Crippen molar-refractivity contribution in [3.8, 4) is 0 Å². The van der Waals surface area contributed by atoms with Crippen molar-refractivity contribution < 1.29 is 0 Å². The number of nitrogens with one attached hydrogen (secondary N) is 1. The molecule has 0 aliphatic carbocycles. The molecule has 1 heteroatoms. The highest BCUT2D eigenvalue weighted by Gasteiger charge is 2.38. The highest BCUT2D eigenvalue weighted by molar-refractivity contribution is 5.14. The summed E-state index contributed by atoms with van der Waals surface area (Å²) in [5.41, 5.74) is 2.07. The van der Waals surface area contributed by atoms with Gasteiger partial charge in [-0.15, -0.1) is 0 Å². The molecule has 88 valence electrons. The first-order chi connectivity index (χ1) is 7.73. The third kappa shape index (κ3) is 2.46. The first kappa shape index (κ1) is 11.7. The van der Waals surface area contributed by atoms with Crippen molar-refractivity contribution in [1.29, 1.82) is 0 Å². The second-order valence-corrected chi connectivity index (χ2v) is 5.46. The Morgan fingerprint density at radius 1 is 1.19 bits per heavy atom. The zero-order valence-corrected chi connectivity index (χ0v) is 10.5. The monoisotopic (exact) mass is 217 g/mol. The minimum Gasteiger partial charge on any atom is -0.316 e. The first-order valence-corrected chi connectivity index (χ1v) is 6.48. The van der Waals surface area contributed by atoms with E-state index in [-0.39, 0.29) is 0 Å². The van der Waals surface area contributed by atoms with Crippen LogP contribution in [0.2, 0.25) is 0 Å². The zero-order valence-electron chi connectivity index (χ0n) is 10.5. The lowest BCUT2D eigenvalue weighted by Gasteiger charge is -2.46. The van der Waals surface area contributed by atoms with Crippen LogP contribution in [0, 0.1) is 11.3 Å². The van der Waals surface area contributed by atoms with Crippen LogP contribution >= 0.6 is 0 Å². The van der Waals surface area contributed by atoms with E-state index in [0.717, 1.165) is 5.92 Å². The highest BCUT2D eigenvalue weighted by atomic mass is 15.0. The summed E-state index contributed by atoms with van der Waals surface area (Å²) in [5, 5.41) is 3.43. The van der Waals surface area contributed by atoms with E-state index in [4.69, 9.17) is 0 Å². The molecule has 0 atom stereocenters. The molecule has 1 heterocycles. The van der Waals surface area contributed by atoms with Crippen molar-refractivity contribution in [3.05, 3.63) is 35.9 Å². The number of hydrogen-bond donors (Lipinski definition) is 1. The van der Waals surface area contributed by atoms with E-state index in [2.05, 4.69) is 49.5 Å². The summed E-state index contributed by atoms with van der Waals surface area (Å²) in [6, 6.07) is 10.8. The lowest BCUT2D eigenvalue weighted by Crippen LogP contribution is -2.56. The van der Waals surface area contributed by atoms with Crippen molar-refractivity contribution in [1.82, 2.24) is 5.32 Å². The molecule has 0 spiro atoms. The number of aryl methyl sites for hydroxylation is 1. The van der Waals surface area contributed by atoms with E-state index in [1.54, 1.807) is 0 Å². The predicted molar refractivity (Wildman–Crippen MR) is 69.5 cm³/mol. The van der Waals surface area contributed by atoms with Gasteiger partial charge in [0.2, 0.25) is 0 Å². The Balaban J connectivity index is 1.79. The minimum atomic E-state index is 0.592. The molecule has 1 N–H and O–H groups in total. The van der Waals surface area contributed by atoms with Gasteiger partial charge in [0.15, 0.2) is 0 Å². The molecule has 1 nitrogen and oxygen atoms in total. The first-order valence-electron chi connectivity index (χ1n) is 6.48. The molecule has 0 bridgehead atoms. The predicted octanol–water partition coefficient (Wildman–Crippen LogP) is 3.25. The molecule has 1 aliphatic rings. The summed E-state index contributed by atoms with van der Waals surface area (Å²) in [5.74, 6) is 0.810. The normalized spacial score (nSPS) is 18.4. The molecule has 1 fully saturated rings. The summed E-state index contributed by atoms with van der Waals surface area (Å²) < 4.78 is 0. The fourth-order valence-electron chi connectivity index (χ4n) is 2.61. The Labute approximate surface area is 99.3 Å². The smallest absolute Gasteiger partial charge is 0.00227 e. The highest BCUT2D eigenvalue weighted by Crippen LogP contribution is 2.36. The van der Waals surface area contributed by atoms with Gasteiger partial charge in [-0.1, -0.05) is 44.2 Å². The summed E-state index contributed by atoms with van der Waals surface area (Å²) in [6.45, 7) is 7.17. The molecule has 0 saturated carbocycles. The maximum Gasteiger partial charge on any atom is 0.00227 e. The fourth-order valence-corrected chi connectivity index (χ4v) is 2.61. The Bertz CT molecular complexity index is 311. The average molecular weight is 217 g/mol. The molecule has 1 saturated heterocycles. The van der Waals surface area contributed by atoms with Gasteiger partial charge < -0.3 is 5.32 Å². The van der Waals surface area contributed by atoms with Gasteiger partial charge in [0.1, 0.15) is 0 Å². The number of benzene rings is 1. The van der Waals surface area contributed by atoms with Gasteiger partial charge in [-0.25, -0.2) is 0 Å². The summed E-state index contributed by atoms with van der Waals surface area (Å²) in [7, 11) is 0. The van der Waals surface area contributed by atoms with E-state index >= 15 is 0 Å². The van der Waals surface area contributed by atoms with Gasteiger partial charge in [-0.05, 0) is 36.2 Å². The standard InChI is InChI=1S/C15H23N/c1-13(2)15(11-16-12-15)10-6-9-14-7-4-3-5-8-14/h3-5,7-8,13,16H,6,9-12H2,1-2H3. The summed E-state index contributed by atoms with van der Waals surface area (Å²) in [6.07, 6.45) is 3.92. The van der Waals surface area contributed by atoms with Crippen molar-refractivity contribution >= 4 is 0 Å². The van der Waals surface area contributed by atoms with E-state index < -0.39 is 0 Å². The molecule has 0 amide bonds. The molecule has 1 aromatic rings. The van der Waals surface area contributed by atoms with E-state index in [1.165, 1.54) is 37.9 Å². The van der Waals surface area contributed by atoms with Crippen LogP contribution in [0.25, 0.3) is 0 Å². The van der Waals surface area contributed by atoms with Crippen LogP contribution in [-0.4, -0.2) is 13.1 Å². The molecule has 0 unspecified atom stereocenters. The van der Waals surface area contributed by atoms with Gasteiger partial charge in [0, 0.05) is 13.1 Å². The zero-order chi connectivity index (χ0) is 11.4. The van der Waals surface area contributed by atoms with Crippen molar-refractivity contribution in [2.45, 2.75) is 33.1 Å². The van der Waals surface area contributed by atoms with Gasteiger partial charge in [0.25, 0.3) is 0 Å². The van der Waals surface area contributed by atoms with E-state index in [9.17, 15) is 0 Å². The van der Waals surface area contributed by atoms with Crippen LogP contribution < -0.4 is 5.32 Å². The Morgan fingerprint density at radius 3 is 2.38 bits per heavy atom. The second-order valence-electron chi connectivity index (χ2n) is 5.46. The molecule has 0 aromatic heterocycles. The van der Waals surface area contributed by atoms with Crippen LogP contribution in [-0.2, 0) is 6.42 Å². The van der Waals surface area contributed by atoms with Crippen LogP contribution in [0.4, 0.5) is 0 Å². The van der Waals surface area contributed by atoms with Gasteiger partial charge in [-0.2, -0.15) is 0 Å². The summed E-state index contributed by atoms with van der Waals surface area (Å²) >= 11 is 0. The molecular weight excluding hydrogens is 194 g/mol. The molecule has 2 rings (SSSR count). The minimum absolute atomic E-state index is 0.592. The maximum absolute atomic E-state index is 3.43. The lowest BCUT2D eigenvalue weighted by atomic mass is 9.69. The quantitative estimate of drug-likeness (QED) is 0.798. The largest absolute Gasteiger partial charge is 0.316 e. The molecule has 16 heavy (non-hydrogen) atoms. The SMILES string of the molecule is CC(C)C1(CCCc2ccccc2)CNC1. The molecule has 1 aromatic carbocycles. The Hall–Kier alpha value is -0.820. The number of hydrogen-bond acceptors (Lipinski definition) is 1. The van der Waals surface area contributed by atoms with Crippen molar-refractivity contribution in [2.24, 2.45) is 11.3 Å². The van der Waals surface area contributed by atoms with Crippen molar-refractivity contribution in [2.75, 3.05) is 13.1 Å². The molecular formula is C15H23N. The van der Waals surface area contributed by atoms with E-state index in [1.807, 2.05) is 0 Å². The van der Waals surface area contributed by atoms with Crippen LogP contribution in [0.5, 0.6) is 0 Å². The lowest BCUT2D eigenvalue weighted by molar-refractivity contribution is 0.0847. The van der Waals surface area contributed by atoms with Gasteiger partial charge in [-0.3, -0.25) is 0 Å². The molecule has 1 aliphatic heterocycles. The van der Waals surface area contributed by atoms with E-state index in [0.29, 0.717) is 5.41 Å². The second kappa shape index (κ2) is 5.01. The van der Waals surface area contributed by atoms with Gasteiger partial charge in [0.05, 0.1) is 0 Å². The topological polar surface area (TPSA) is 12.0 Å². The Morgan fingerprint density at radius 2 is 1.88 bits per heavy atom. The maximum atomic E-state index is 3.43. The van der Waals surface area contributed by atoms with Crippen molar-refractivity contribution in [3.63, 3.8) is 0 Å². The Kier molecular flexibility index (Phi) is 3.65. The third-order valence-electron chi connectivity index (χ3n) is 4.16. The van der Waals surface area contributed by atoms with Crippen LogP contribution in [0.3, 0.4) is 0 Å². The number of rotatable bonds is 5. The van der Waals surface area contributed by atoms with Gasteiger partial charge >= 0.3 is 0 Å². The average Bonchev–Trinajstić information content (AvgIpc) is 2.23. The van der Waals surface area contributed by atoms with Crippen LogP contribution in [0.1, 0.15) is 32.3 Å². The summed E-state index contributed by atoms with van der Waals surface area (Å²) in [4.78, 5) is 0.